The molecule has 4 nitrogen and oxygen atoms in total. The van der Waals surface area contributed by atoms with Crippen LogP contribution in [0.25, 0.3) is 22.2 Å². The fourth-order valence-electron chi connectivity index (χ4n) is 2.41. The molecule has 0 saturated heterocycles. The van der Waals surface area contributed by atoms with Gasteiger partial charge in [-0.05, 0) is 49.4 Å². The highest BCUT2D eigenvalue weighted by atomic mass is 19.1. The van der Waals surface area contributed by atoms with Crippen molar-refractivity contribution in [3.8, 4) is 17.0 Å². The maximum Gasteiger partial charge on any atom is 0.336 e. The summed E-state index contributed by atoms with van der Waals surface area (Å²) < 4.78 is 18.8. The Morgan fingerprint density at radius 1 is 1.17 bits per heavy atom. The predicted octanol–water partition coefficient (Wildman–Crippen LogP) is 4.14. The van der Waals surface area contributed by atoms with Gasteiger partial charge in [0.1, 0.15) is 11.6 Å². The number of fused-ring (bicyclic) bond motifs is 1. The van der Waals surface area contributed by atoms with Crippen LogP contribution in [0.3, 0.4) is 0 Å². The molecule has 0 atom stereocenters. The van der Waals surface area contributed by atoms with Gasteiger partial charge in [0.05, 0.1) is 23.4 Å². The number of carboxylic acid groups (broad SMARTS) is 1. The van der Waals surface area contributed by atoms with E-state index >= 15 is 0 Å². The second-order valence-electron chi connectivity index (χ2n) is 4.98. The van der Waals surface area contributed by atoms with Crippen LogP contribution in [-0.4, -0.2) is 22.7 Å². The molecule has 3 aromatic rings. The number of pyridine rings is 1. The van der Waals surface area contributed by atoms with Gasteiger partial charge >= 0.3 is 5.97 Å². The zero-order valence-corrected chi connectivity index (χ0v) is 12.4. The highest BCUT2D eigenvalue weighted by Crippen LogP contribution is 2.27. The third-order valence-corrected chi connectivity index (χ3v) is 3.46. The molecule has 0 aliphatic rings. The van der Waals surface area contributed by atoms with Crippen molar-refractivity contribution < 1.29 is 19.0 Å². The van der Waals surface area contributed by atoms with Crippen molar-refractivity contribution >= 4 is 16.9 Å². The zero-order chi connectivity index (χ0) is 16.4. The van der Waals surface area contributed by atoms with Crippen molar-refractivity contribution in [2.24, 2.45) is 0 Å². The smallest absolute Gasteiger partial charge is 0.336 e. The van der Waals surface area contributed by atoms with E-state index in [4.69, 9.17) is 4.74 Å². The highest BCUT2D eigenvalue weighted by Gasteiger charge is 2.13. The van der Waals surface area contributed by atoms with Gasteiger partial charge in [0, 0.05) is 17.0 Å². The summed E-state index contributed by atoms with van der Waals surface area (Å²) in [5.41, 5.74) is 1.62. The second kappa shape index (κ2) is 6.04. The molecule has 1 aromatic heterocycles. The second-order valence-corrected chi connectivity index (χ2v) is 4.98. The molecule has 0 amide bonds. The van der Waals surface area contributed by atoms with E-state index in [0.717, 1.165) is 11.3 Å². The molecule has 23 heavy (non-hydrogen) atoms. The number of hydrogen-bond acceptors (Lipinski definition) is 3. The van der Waals surface area contributed by atoms with Crippen molar-refractivity contribution in [1.29, 1.82) is 0 Å². The Morgan fingerprint density at radius 2 is 1.91 bits per heavy atom. The van der Waals surface area contributed by atoms with Gasteiger partial charge in [-0.3, -0.25) is 0 Å². The van der Waals surface area contributed by atoms with Crippen molar-refractivity contribution in [3.05, 3.63) is 59.9 Å². The number of hydrogen-bond donors (Lipinski definition) is 1. The molecule has 0 spiro atoms. The van der Waals surface area contributed by atoms with Gasteiger partial charge in [-0.2, -0.15) is 0 Å². The topological polar surface area (TPSA) is 59.4 Å². The molecule has 0 bridgehead atoms. The van der Waals surface area contributed by atoms with Crippen LogP contribution in [0.5, 0.6) is 5.75 Å². The molecule has 0 aliphatic heterocycles. The molecule has 0 aliphatic carbocycles. The van der Waals surface area contributed by atoms with Gasteiger partial charge in [0.15, 0.2) is 0 Å². The first-order valence-corrected chi connectivity index (χ1v) is 7.15. The van der Waals surface area contributed by atoms with E-state index in [1.54, 1.807) is 24.3 Å². The summed E-state index contributed by atoms with van der Waals surface area (Å²) in [4.78, 5) is 15.9. The first-order chi connectivity index (χ1) is 11.1. The van der Waals surface area contributed by atoms with Crippen LogP contribution in [0.4, 0.5) is 4.39 Å². The number of benzene rings is 2. The SMILES string of the molecule is CCOc1ccc(-c2cc(C(=O)O)c3ccc(F)cc3n2)cc1. The molecule has 0 radical (unpaired) electrons. The average molecular weight is 311 g/mol. The normalized spacial score (nSPS) is 10.7. The summed E-state index contributed by atoms with van der Waals surface area (Å²) in [7, 11) is 0. The van der Waals surface area contributed by atoms with Crippen LogP contribution < -0.4 is 4.74 Å². The molecular formula is C18H14FNO3. The molecule has 1 heterocycles. The first kappa shape index (κ1) is 15.0. The van der Waals surface area contributed by atoms with Crippen molar-refractivity contribution in [1.82, 2.24) is 4.98 Å². The third-order valence-electron chi connectivity index (χ3n) is 3.46. The largest absolute Gasteiger partial charge is 0.494 e. The van der Waals surface area contributed by atoms with Gasteiger partial charge in [-0.25, -0.2) is 14.2 Å². The third kappa shape index (κ3) is 2.99. The highest BCUT2D eigenvalue weighted by molar-refractivity contribution is 6.03. The fourth-order valence-corrected chi connectivity index (χ4v) is 2.41. The number of ether oxygens (including phenoxy) is 1. The Morgan fingerprint density at radius 3 is 2.57 bits per heavy atom. The van der Waals surface area contributed by atoms with Crippen LogP contribution in [0.15, 0.2) is 48.5 Å². The molecule has 2 aromatic carbocycles. The van der Waals surface area contributed by atoms with E-state index in [0.29, 0.717) is 23.2 Å². The molecule has 116 valence electrons. The van der Waals surface area contributed by atoms with Gasteiger partial charge in [-0.15, -0.1) is 0 Å². The number of aromatic nitrogens is 1. The molecule has 0 unspecified atom stereocenters. The Labute approximate surface area is 132 Å². The minimum atomic E-state index is -1.07. The lowest BCUT2D eigenvalue weighted by Gasteiger charge is -2.08. The van der Waals surface area contributed by atoms with Gasteiger partial charge in [0.2, 0.25) is 0 Å². The van der Waals surface area contributed by atoms with E-state index in [2.05, 4.69) is 4.98 Å². The van der Waals surface area contributed by atoms with E-state index < -0.39 is 11.8 Å². The average Bonchev–Trinajstić information content (AvgIpc) is 2.54. The Hall–Kier alpha value is -2.95. The lowest BCUT2D eigenvalue weighted by molar-refractivity contribution is 0.0699. The number of rotatable bonds is 4. The molecule has 3 rings (SSSR count). The lowest BCUT2D eigenvalue weighted by Crippen LogP contribution is -2.00. The predicted molar refractivity (Wildman–Crippen MR) is 85.3 cm³/mol. The molecule has 5 heteroatoms. The number of nitrogens with zero attached hydrogens (tertiary/aromatic N) is 1. The minimum Gasteiger partial charge on any atom is -0.494 e. The summed E-state index contributed by atoms with van der Waals surface area (Å²) in [6.07, 6.45) is 0. The molecular weight excluding hydrogens is 297 g/mol. The summed E-state index contributed by atoms with van der Waals surface area (Å²) in [6.45, 7) is 2.46. The van der Waals surface area contributed by atoms with Crippen LogP contribution in [0.1, 0.15) is 17.3 Å². The maximum absolute atomic E-state index is 13.4. The van der Waals surface area contributed by atoms with Crippen LogP contribution in [0, 0.1) is 5.82 Å². The van der Waals surface area contributed by atoms with Crippen LogP contribution >= 0.6 is 0 Å². The van der Waals surface area contributed by atoms with E-state index in [1.807, 2.05) is 6.92 Å². The number of aromatic carboxylic acids is 1. The Kier molecular flexibility index (Phi) is 3.93. The minimum absolute atomic E-state index is 0.0962. The van der Waals surface area contributed by atoms with Crippen LogP contribution in [0.2, 0.25) is 0 Å². The number of halogens is 1. The van der Waals surface area contributed by atoms with Gasteiger partial charge < -0.3 is 9.84 Å². The van der Waals surface area contributed by atoms with Crippen molar-refractivity contribution in [2.45, 2.75) is 6.92 Å². The standard InChI is InChI=1S/C18H14FNO3/c1-2-23-13-6-3-11(4-7-13)16-10-15(18(21)22)14-8-5-12(19)9-17(14)20-16/h3-10H,2H2,1H3,(H,21,22). The Bertz CT molecular complexity index is 875. The summed E-state index contributed by atoms with van der Waals surface area (Å²) in [5, 5.41) is 9.81. The van der Waals surface area contributed by atoms with E-state index in [-0.39, 0.29) is 5.56 Å². The van der Waals surface area contributed by atoms with Crippen molar-refractivity contribution in [2.75, 3.05) is 6.61 Å². The Balaban J connectivity index is 2.15. The number of carbonyl (C=O) groups is 1. The monoisotopic (exact) mass is 311 g/mol. The van der Waals surface area contributed by atoms with E-state index in [1.165, 1.54) is 24.3 Å². The molecule has 0 fully saturated rings. The lowest BCUT2D eigenvalue weighted by atomic mass is 10.0. The van der Waals surface area contributed by atoms with Gasteiger partial charge in [-0.1, -0.05) is 0 Å². The van der Waals surface area contributed by atoms with Crippen LogP contribution in [-0.2, 0) is 0 Å². The van der Waals surface area contributed by atoms with E-state index in [9.17, 15) is 14.3 Å². The van der Waals surface area contributed by atoms with Gasteiger partial charge in [0.25, 0.3) is 0 Å². The zero-order valence-electron chi connectivity index (χ0n) is 12.4. The summed E-state index contributed by atoms with van der Waals surface area (Å²) in [5.74, 6) is -0.803. The molecule has 0 saturated carbocycles. The first-order valence-electron chi connectivity index (χ1n) is 7.15. The molecule has 1 N–H and O–H groups in total. The van der Waals surface area contributed by atoms with Crippen molar-refractivity contribution in [3.63, 3.8) is 0 Å². The summed E-state index contributed by atoms with van der Waals surface area (Å²) >= 11 is 0. The quantitative estimate of drug-likeness (QED) is 0.786. The summed E-state index contributed by atoms with van der Waals surface area (Å²) in [6, 6.07) is 12.6. The number of carboxylic acids is 1. The fraction of sp³-hybridized carbons (Fsp3) is 0.111. The maximum atomic E-state index is 13.4.